The molecule has 1 rings (SSSR count). The van der Waals surface area contributed by atoms with Crippen LogP contribution in [-0.4, -0.2) is 12.2 Å². The van der Waals surface area contributed by atoms with Crippen LogP contribution in [-0.2, 0) is 6.42 Å². The van der Waals surface area contributed by atoms with Crippen molar-refractivity contribution in [3.63, 3.8) is 0 Å². The summed E-state index contributed by atoms with van der Waals surface area (Å²) >= 11 is 2.89. The van der Waals surface area contributed by atoms with Gasteiger partial charge >= 0.3 is 6.18 Å². The number of benzene rings is 1. The molecule has 1 unspecified atom stereocenters. The average Bonchev–Trinajstić information content (AvgIpc) is 2.32. The molecular weight excluding hydrogens is 335 g/mol. The highest BCUT2D eigenvalue weighted by molar-refractivity contribution is 9.10. The van der Waals surface area contributed by atoms with E-state index in [9.17, 15) is 22.0 Å². The number of nitrogens with one attached hydrogen (secondary N) is 1. The lowest BCUT2D eigenvalue weighted by molar-refractivity contribution is -0.136. The van der Waals surface area contributed by atoms with Crippen molar-refractivity contribution in [2.24, 2.45) is 5.84 Å². The van der Waals surface area contributed by atoms with Crippen molar-refractivity contribution < 1.29 is 22.0 Å². The fraction of sp³-hybridized carbons (Fsp3) is 0.455. The van der Waals surface area contributed by atoms with E-state index in [4.69, 9.17) is 5.84 Å². The van der Waals surface area contributed by atoms with Crippen LogP contribution in [0.15, 0.2) is 16.6 Å². The first-order valence-electron chi connectivity index (χ1n) is 5.40. The molecule has 0 bridgehead atoms. The summed E-state index contributed by atoms with van der Waals surface area (Å²) in [5.74, 6) is 3.48. The fourth-order valence-electron chi connectivity index (χ4n) is 1.58. The van der Waals surface area contributed by atoms with E-state index in [0.29, 0.717) is 0 Å². The molecular formula is C11H12BrF5N2. The molecule has 3 N–H and O–H groups in total. The Morgan fingerprint density at radius 1 is 1.26 bits per heavy atom. The molecule has 0 aromatic heterocycles. The van der Waals surface area contributed by atoms with Crippen LogP contribution in [0.3, 0.4) is 0 Å². The van der Waals surface area contributed by atoms with E-state index in [0.717, 1.165) is 6.07 Å². The van der Waals surface area contributed by atoms with Crippen LogP contribution < -0.4 is 11.3 Å². The quantitative estimate of drug-likeness (QED) is 0.371. The minimum atomic E-state index is -4.33. The summed E-state index contributed by atoms with van der Waals surface area (Å²) in [7, 11) is 0. The Labute approximate surface area is 115 Å². The summed E-state index contributed by atoms with van der Waals surface area (Å²) in [6.07, 6.45) is -6.02. The molecule has 19 heavy (non-hydrogen) atoms. The maximum atomic E-state index is 13.7. The lowest BCUT2D eigenvalue weighted by atomic mass is 10.0. The first kappa shape index (κ1) is 16.3. The predicted molar refractivity (Wildman–Crippen MR) is 64.2 cm³/mol. The highest BCUT2D eigenvalue weighted by Gasteiger charge is 2.28. The second-order valence-electron chi connectivity index (χ2n) is 4.04. The van der Waals surface area contributed by atoms with Crippen molar-refractivity contribution in [1.29, 1.82) is 0 Å². The zero-order valence-corrected chi connectivity index (χ0v) is 11.3. The van der Waals surface area contributed by atoms with Gasteiger partial charge in [0.25, 0.3) is 0 Å². The van der Waals surface area contributed by atoms with Crippen LogP contribution in [0.5, 0.6) is 0 Å². The molecule has 8 heteroatoms. The van der Waals surface area contributed by atoms with E-state index in [1.165, 1.54) is 6.07 Å². The van der Waals surface area contributed by atoms with E-state index >= 15 is 0 Å². The van der Waals surface area contributed by atoms with Gasteiger partial charge in [-0.25, -0.2) is 8.78 Å². The Hall–Kier alpha value is -0.730. The molecule has 0 spiro atoms. The molecule has 1 aromatic carbocycles. The van der Waals surface area contributed by atoms with Gasteiger partial charge in [-0.05, 0) is 40.9 Å². The number of alkyl halides is 3. The Bertz CT molecular complexity index is 436. The van der Waals surface area contributed by atoms with Gasteiger partial charge in [-0.2, -0.15) is 13.2 Å². The first-order valence-corrected chi connectivity index (χ1v) is 6.19. The van der Waals surface area contributed by atoms with E-state index in [1.807, 2.05) is 0 Å². The van der Waals surface area contributed by atoms with Gasteiger partial charge in [0, 0.05) is 18.0 Å². The molecule has 0 saturated heterocycles. The van der Waals surface area contributed by atoms with Gasteiger partial charge in [0.05, 0.1) is 4.47 Å². The van der Waals surface area contributed by atoms with Crippen LogP contribution >= 0.6 is 15.9 Å². The Kier molecular flexibility index (Phi) is 5.69. The molecule has 0 aliphatic heterocycles. The number of halogens is 6. The second kappa shape index (κ2) is 6.62. The molecule has 0 fully saturated rings. The van der Waals surface area contributed by atoms with Gasteiger partial charge in [-0.3, -0.25) is 11.3 Å². The lowest BCUT2D eigenvalue weighted by Crippen LogP contribution is -2.38. The van der Waals surface area contributed by atoms with Crippen molar-refractivity contribution in [2.75, 3.05) is 0 Å². The van der Waals surface area contributed by atoms with Crippen molar-refractivity contribution in [3.05, 3.63) is 33.8 Å². The maximum absolute atomic E-state index is 13.7. The molecule has 1 aromatic rings. The topological polar surface area (TPSA) is 38.0 Å². The minimum absolute atomic E-state index is 0.0514. The van der Waals surface area contributed by atoms with Crippen LogP contribution in [0.1, 0.15) is 18.4 Å². The molecule has 0 radical (unpaired) electrons. The third-order valence-electron chi connectivity index (χ3n) is 2.60. The Morgan fingerprint density at radius 2 is 1.89 bits per heavy atom. The zero-order valence-electron chi connectivity index (χ0n) is 9.70. The monoisotopic (exact) mass is 346 g/mol. The molecule has 1 atom stereocenters. The normalized spacial score (nSPS) is 13.6. The fourth-order valence-corrected chi connectivity index (χ4v) is 1.96. The third kappa shape index (κ3) is 5.04. The largest absolute Gasteiger partial charge is 0.389 e. The van der Waals surface area contributed by atoms with Crippen LogP contribution in [0.25, 0.3) is 0 Å². The molecule has 0 heterocycles. The standard InChI is InChI=1S/C11H12BrF5N2/c12-8-1-2-9(13)7(10(8)14)5-6(19-18)3-4-11(15,16)17/h1-2,6,19H,3-5,18H2. The average molecular weight is 347 g/mol. The highest BCUT2D eigenvalue weighted by Crippen LogP contribution is 2.26. The summed E-state index contributed by atoms with van der Waals surface area (Å²) in [6.45, 7) is 0. The summed E-state index contributed by atoms with van der Waals surface area (Å²) in [5, 5.41) is 0. The van der Waals surface area contributed by atoms with Gasteiger partial charge in [-0.1, -0.05) is 0 Å². The second-order valence-corrected chi connectivity index (χ2v) is 4.90. The number of hydrogen-bond donors (Lipinski definition) is 2. The summed E-state index contributed by atoms with van der Waals surface area (Å²) < 4.78 is 63.4. The summed E-state index contributed by atoms with van der Waals surface area (Å²) in [4.78, 5) is 0. The Balaban J connectivity index is 2.79. The van der Waals surface area contributed by atoms with Crippen molar-refractivity contribution in [3.8, 4) is 0 Å². The minimum Gasteiger partial charge on any atom is -0.271 e. The molecule has 2 nitrogen and oxygen atoms in total. The maximum Gasteiger partial charge on any atom is 0.389 e. The van der Waals surface area contributed by atoms with Gasteiger partial charge in [0.2, 0.25) is 0 Å². The number of hydrogen-bond acceptors (Lipinski definition) is 2. The predicted octanol–water partition coefficient (Wildman–Crippen LogP) is 3.44. The van der Waals surface area contributed by atoms with Gasteiger partial charge in [0.1, 0.15) is 11.6 Å². The molecule has 0 aliphatic rings. The van der Waals surface area contributed by atoms with E-state index < -0.39 is 30.3 Å². The number of nitrogens with two attached hydrogens (primary N) is 1. The smallest absolute Gasteiger partial charge is 0.271 e. The Morgan fingerprint density at radius 3 is 2.42 bits per heavy atom. The molecule has 0 amide bonds. The van der Waals surface area contributed by atoms with Gasteiger partial charge in [0.15, 0.2) is 0 Å². The third-order valence-corrected chi connectivity index (χ3v) is 3.21. The van der Waals surface area contributed by atoms with E-state index in [2.05, 4.69) is 21.4 Å². The molecule has 0 aliphatic carbocycles. The molecule has 108 valence electrons. The summed E-state index contributed by atoms with van der Waals surface area (Å²) in [5.41, 5.74) is 1.86. The highest BCUT2D eigenvalue weighted by atomic mass is 79.9. The van der Waals surface area contributed by atoms with Crippen LogP contribution in [0, 0.1) is 11.6 Å². The summed E-state index contributed by atoms with van der Waals surface area (Å²) in [6, 6.07) is 1.37. The van der Waals surface area contributed by atoms with Gasteiger partial charge in [-0.15, -0.1) is 0 Å². The first-order chi connectivity index (χ1) is 8.74. The lowest BCUT2D eigenvalue weighted by Gasteiger charge is -2.18. The zero-order chi connectivity index (χ0) is 14.6. The number of rotatable bonds is 5. The van der Waals surface area contributed by atoms with Crippen molar-refractivity contribution in [1.82, 2.24) is 5.43 Å². The SMILES string of the molecule is NNC(CCC(F)(F)F)Cc1c(F)ccc(Br)c1F. The van der Waals surface area contributed by atoms with E-state index in [-0.39, 0.29) is 22.9 Å². The van der Waals surface area contributed by atoms with Crippen molar-refractivity contribution in [2.45, 2.75) is 31.5 Å². The van der Waals surface area contributed by atoms with Crippen LogP contribution in [0.4, 0.5) is 22.0 Å². The van der Waals surface area contributed by atoms with E-state index in [1.54, 1.807) is 0 Å². The number of hydrazine groups is 1. The molecule has 0 saturated carbocycles. The van der Waals surface area contributed by atoms with Crippen LogP contribution in [0.2, 0.25) is 0 Å². The van der Waals surface area contributed by atoms with Gasteiger partial charge < -0.3 is 0 Å². The van der Waals surface area contributed by atoms with Crippen molar-refractivity contribution >= 4 is 15.9 Å².